The van der Waals surface area contributed by atoms with Crippen molar-refractivity contribution in [1.29, 1.82) is 0 Å². The lowest BCUT2D eigenvalue weighted by atomic mass is 9.68. The highest BCUT2D eigenvalue weighted by atomic mass is 32.2. The van der Waals surface area contributed by atoms with Crippen molar-refractivity contribution in [2.45, 2.75) is 35.6 Å². The molecule has 8 atom stereocenters. The Balaban J connectivity index is 1.20. The number of amides is 3. The molecular formula is C28H24FN3O4S2. The summed E-state index contributed by atoms with van der Waals surface area (Å²) in [4.78, 5) is 58.0. The van der Waals surface area contributed by atoms with Crippen LogP contribution in [-0.4, -0.2) is 38.9 Å². The summed E-state index contributed by atoms with van der Waals surface area (Å²) in [6, 6.07) is 14.5. The number of likely N-dealkylation sites (tertiary alicyclic amines) is 1. The summed E-state index contributed by atoms with van der Waals surface area (Å²) in [7, 11) is 0. The highest BCUT2D eigenvalue weighted by molar-refractivity contribution is 8.00. The normalized spacial score (nSPS) is 31.6. The molecule has 1 aromatic heterocycles. The largest absolute Gasteiger partial charge is 0.324 e. The second-order valence-corrected chi connectivity index (χ2v) is 12.8. The molecule has 2 aliphatic heterocycles. The van der Waals surface area contributed by atoms with Gasteiger partial charge in [0.15, 0.2) is 0 Å². The number of rotatable bonds is 4. The first-order valence-electron chi connectivity index (χ1n) is 12.7. The molecule has 2 N–H and O–H groups in total. The first kappa shape index (κ1) is 23.8. The van der Waals surface area contributed by atoms with Crippen LogP contribution in [0.15, 0.2) is 64.4 Å². The van der Waals surface area contributed by atoms with E-state index < -0.39 is 29.6 Å². The molecule has 194 valence electrons. The lowest BCUT2D eigenvalue weighted by Gasteiger charge is -2.43. The Hall–Kier alpha value is -3.24. The lowest BCUT2D eigenvalue weighted by molar-refractivity contribution is -0.146. The first-order valence-corrected chi connectivity index (χ1v) is 14.4. The Morgan fingerprint density at radius 1 is 1.03 bits per heavy atom. The van der Waals surface area contributed by atoms with Crippen molar-refractivity contribution in [2.75, 3.05) is 5.32 Å². The summed E-state index contributed by atoms with van der Waals surface area (Å²) in [6.45, 7) is 1.56. The molecule has 2 aliphatic carbocycles. The number of aromatic nitrogens is 1. The molecule has 3 heterocycles. The molecule has 2 aromatic carbocycles. The summed E-state index contributed by atoms with van der Waals surface area (Å²) in [5.74, 6) is -2.30. The molecule has 1 saturated heterocycles. The van der Waals surface area contributed by atoms with Crippen LogP contribution in [0.4, 0.5) is 10.1 Å². The van der Waals surface area contributed by atoms with Crippen molar-refractivity contribution in [3.63, 3.8) is 0 Å². The molecule has 2 bridgehead atoms. The third-order valence-corrected chi connectivity index (χ3v) is 11.4. The van der Waals surface area contributed by atoms with Gasteiger partial charge in [-0.1, -0.05) is 41.7 Å². The van der Waals surface area contributed by atoms with E-state index in [4.69, 9.17) is 0 Å². The van der Waals surface area contributed by atoms with E-state index in [1.807, 2.05) is 18.2 Å². The summed E-state index contributed by atoms with van der Waals surface area (Å²) < 4.78 is 13.3. The number of benzene rings is 2. The molecule has 7 nitrogen and oxygen atoms in total. The summed E-state index contributed by atoms with van der Waals surface area (Å²) >= 11 is 2.88. The SMILES string of the molecule is CC(C(=O)Nc1ccc(F)cc1)N1C(=O)C2C3CC(C2C1=O)C1C(c2ccccc2)c2sc(=O)[nH]c2SC31. The molecule has 8 unspecified atom stereocenters. The van der Waals surface area contributed by atoms with Crippen LogP contribution in [0.25, 0.3) is 0 Å². The molecule has 10 heteroatoms. The molecule has 4 aliphatic rings. The fraction of sp³-hybridized carbons (Fsp3) is 0.357. The standard InChI is InChI=1S/C28H24FN3O4S2/c1-12(24(33)30-15-9-7-14(29)8-10-15)32-26(34)20-16-11-17(21(20)27(32)35)22-19(16)18(13-5-3-2-4-6-13)23-25(37-22)31-28(36)38-23/h2-10,12,16-22H,11H2,1H3,(H,30,33)(H,31,36). The molecule has 0 spiro atoms. The predicted octanol–water partition coefficient (Wildman–Crippen LogP) is 4.08. The van der Waals surface area contributed by atoms with Crippen LogP contribution in [0.5, 0.6) is 0 Å². The van der Waals surface area contributed by atoms with Crippen LogP contribution < -0.4 is 10.2 Å². The molecule has 3 fully saturated rings. The zero-order valence-corrected chi connectivity index (χ0v) is 21.9. The zero-order chi connectivity index (χ0) is 26.3. The molecule has 0 radical (unpaired) electrons. The first-order chi connectivity index (χ1) is 18.3. The Morgan fingerprint density at radius 3 is 2.42 bits per heavy atom. The molecule has 38 heavy (non-hydrogen) atoms. The van der Waals surface area contributed by atoms with Crippen molar-refractivity contribution in [3.8, 4) is 0 Å². The highest BCUT2D eigenvalue weighted by Gasteiger charge is 2.70. The monoisotopic (exact) mass is 549 g/mol. The summed E-state index contributed by atoms with van der Waals surface area (Å²) in [5, 5.41) is 3.67. The number of H-pyrrole nitrogens is 1. The highest BCUT2D eigenvalue weighted by Crippen LogP contribution is 2.68. The summed E-state index contributed by atoms with van der Waals surface area (Å²) in [5.41, 5.74) is 1.51. The minimum absolute atomic E-state index is 0.00317. The minimum Gasteiger partial charge on any atom is -0.324 e. The van der Waals surface area contributed by atoms with E-state index >= 15 is 0 Å². The third kappa shape index (κ3) is 3.39. The van der Waals surface area contributed by atoms with Crippen molar-refractivity contribution < 1.29 is 18.8 Å². The van der Waals surface area contributed by atoms with Gasteiger partial charge in [0.2, 0.25) is 17.7 Å². The van der Waals surface area contributed by atoms with Crippen molar-refractivity contribution in [2.24, 2.45) is 29.6 Å². The van der Waals surface area contributed by atoms with Gasteiger partial charge in [0.1, 0.15) is 11.9 Å². The van der Waals surface area contributed by atoms with E-state index in [9.17, 15) is 23.6 Å². The van der Waals surface area contributed by atoms with E-state index in [2.05, 4.69) is 22.4 Å². The van der Waals surface area contributed by atoms with Gasteiger partial charge < -0.3 is 10.3 Å². The Bertz CT molecular complexity index is 1520. The number of thioether (sulfide) groups is 1. The average molecular weight is 550 g/mol. The Kier molecular flexibility index (Phi) is 5.42. The van der Waals surface area contributed by atoms with Crippen molar-refractivity contribution >= 4 is 46.5 Å². The second-order valence-electron chi connectivity index (χ2n) is 10.6. The van der Waals surface area contributed by atoms with Crippen molar-refractivity contribution in [1.82, 2.24) is 9.88 Å². The Morgan fingerprint density at radius 2 is 1.71 bits per heavy atom. The van der Waals surface area contributed by atoms with Gasteiger partial charge in [0, 0.05) is 21.7 Å². The van der Waals surface area contributed by atoms with Gasteiger partial charge in [-0.3, -0.25) is 24.1 Å². The quantitative estimate of drug-likeness (QED) is 0.478. The maximum atomic E-state index is 13.8. The number of carbonyl (C=O) groups is 3. The van der Waals surface area contributed by atoms with Crippen LogP contribution in [0.2, 0.25) is 0 Å². The number of nitrogens with one attached hydrogen (secondary N) is 2. The van der Waals surface area contributed by atoms with Crippen LogP contribution in [0.1, 0.15) is 29.7 Å². The number of hydrogen-bond donors (Lipinski definition) is 2. The van der Waals surface area contributed by atoms with Crippen molar-refractivity contribution in [3.05, 3.63) is 80.5 Å². The topological polar surface area (TPSA) is 99.3 Å². The number of hydrogen-bond acceptors (Lipinski definition) is 6. The van der Waals surface area contributed by atoms with Gasteiger partial charge in [0.25, 0.3) is 0 Å². The molecular weight excluding hydrogens is 525 g/mol. The van der Waals surface area contributed by atoms with Gasteiger partial charge in [-0.25, -0.2) is 4.39 Å². The lowest BCUT2D eigenvalue weighted by Crippen LogP contribution is -2.46. The molecule has 3 aromatic rings. The predicted molar refractivity (Wildman–Crippen MR) is 141 cm³/mol. The van der Waals surface area contributed by atoms with E-state index in [1.54, 1.807) is 18.7 Å². The van der Waals surface area contributed by atoms with Gasteiger partial charge in [-0.15, -0.1) is 11.8 Å². The van der Waals surface area contributed by atoms with Crippen LogP contribution in [0.3, 0.4) is 0 Å². The number of nitrogens with zero attached hydrogens (tertiary/aromatic N) is 1. The number of halogens is 1. The van der Waals surface area contributed by atoms with Gasteiger partial charge >= 0.3 is 4.87 Å². The van der Waals surface area contributed by atoms with E-state index in [1.165, 1.54) is 35.6 Å². The molecule has 3 amide bonds. The van der Waals surface area contributed by atoms with E-state index in [0.717, 1.165) is 26.8 Å². The van der Waals surface area contributed by atoms with E-state index in [0.29, 0.717) is 5.69 Å². The average Bonchev–Trinajstić information content (AvgIpc) is 3.64. The number of imide groups is 1. The Labute approximate surface area is 225 Å². The number of anilines is 1. The number of thiazole rings is 1. The van der Waals surface area contributed by atoms with Gasteiger partial charge in [0.05, 0.1) is 16.9 Å². The van der Waals surface area contributed by atoms with Gasteiger partial charge in [-0.05, 0) is 60.9 Å². The number of fused-ring (bicyclic) bond motifs is 9. The van der Waals surface area contributed by atoms with E-state index in [-0.39, 0.29) is 45.6 Å². The zero-order valence-electron chi connectivity index (χ0n) is 20.3. The van der Waals surface area contributed by atoms with Gasteiger partial charge in [-0.2, -0.15) is 0 Å². The summed E-state index contributed by atoms with van der Waals surface area (Å²) in [6.07, 6.45) is 0.793. The third-order valence-electron chi connectivity index (χ3n) is 8.80. The maximum absolute atomic E-state index is 13.8. The molecule has 7 rings (SSSR count). The smallest absolute Gasteiger partial charge is 0.305 e. The number of carbonyl (C=O) groups excluding carboxylic acids is 3. The fourth-order valence-corrected chi connectivity index (χ4v) is 10.2. The number of aromatic amines is 1. The fourth-order valence-electron chi connectivity index (χ4n) is 7.35. The minimum atomic E-state index is -0.984. The van der Waals surface area contributed by atoms with Crippen LogP contribution >= 0.6 is 23.1 Å². The van der Waals surface area contributed by atoms with Crippen LogP contribution in [0, 0.1) is 35.4 Å². The second kappa shape index (κ2) is 8.64. The van der Waals surface area contributed by atoms with Crippen LogP contribution in [-0.2, 0) is 14.4 Å². The molecule has 2 saturated carbocycles. The maximum Gasteiger partial charge on any atom is 0.305 e.